The highest BCUT2D eigenvalue weighted by molar-refractivity contribution is 5.91. The van der Waals surface area contributed by atoms with Crippen LogP contribution in [0.4, 0.5) is 36.4 Å². The maximum absolute atomic E-state index is 13.2. The van der Waals surface area contributed by atoms with E-state index in [4.69, 9.17) is 10.5 Å². The molecule has 0 amide bonds. The molecule has 2 aromatic heterocycles. The SMILES string of the molecule is CNCCNc1nc(NCCc2cc(N)cc(C(F)(F)F)c2)c2cc(N3CCOCC3)ncc2n1. The van der Waals surface area contributed by atoms with Crippen LogP contribution in [0, 0.1) is 0 Å². The van der Waals surface area contributed by atoms with Crippen LogP contribution in [0.1, 0.15) is 11.1 Å². The highest BCUT2D eigenvalue weighted by atomic mass is 19.4. The van der Waals surface area contributed by atoms with E-state index >= 15 is 0 Å². The molecule has 0 bridgehead atoms. The van der Waals surface area contributed by atoms with Crippen LogP contribution >= 0.6 is 0 Å². The van der Waals surface area contributed by atoms with Crippen LogP contribution in [0.15, 0.2) is 30.5 Å². The number of aromatic nitrogens is 3. The Morgan fingerprint density at radius 3 is 2.57 bits per heavy atom. The summed E-state index contributed by atoms with van der Waals surface area (Å²) < 4.78 is 44.9. The number of hydrogen-bond donors (Lipinski definition) is 4. The molecular formula is C23H29F3N8O. The average Bonchev–Trinajstić information content (AvgIpc) is 2.84. The van der Waals surface area contributed by atoms with Crippen molar-refractivity contribution in [2.45, 2.75) is 12.6 Å². The molecule has 188 valence electrons. The lowest BCUT2D eigenvalue weighted by atomic mass is 10.1. The molecule has 3 heterocycles. The second-order valence-corrected chi connectivity index (χ2v) is 8.22. The fraction of sp³-hybridized carbons (Fsp3) is 0.435. The lowest BCUT2D eigenvalue weighted by Crippen LogP contribution is -2.36. The number of rotatable bonds is 9. The van der Waals surface area contributed by atoms with E-state index in [1.165, 1.54) is 0 Å². The van der Waals surface area contributed by atoms with Gasteiger partial charge in [-0.15, -0.1) is 0 Å². The lowest BCUT2D eigenvalue weighted by molar-refractivity contribution is -0.137. The number of fused-ring (bicyclic) bond motifs is 1. The molecule has 1 aliphatic rings. The molecule has 1 aromatic carbocycles. The van der Waals surface area contributed by atoms with E-state index in [0.29, 0.717) is 55.6 Å². The molecule has 1 saturated heterocycles. The van der Waals surface area contributed by atoms with Crippen molar-refractivity contribution < 1.29 is 17.9 Å². The van der Waals surface area contributed by atoms with Crippen molar-refractivity contribution in [3.8, 4) is 0 Å². The zero-order valence-corrected chi connectivity index (χ0v) is 19.5. The van der Waals surface area contributed by atoms with Gasteiger partial charge in [0.25, 0.3) is 0 Å². The van der Waals surface area contributed by atoms with Crippen LogP contribution in [-0.4, -0.2) is 67.9 Å². The molecule has 0 saturated carbocycles. The second kappa shape index (κ2) is 10.9. The average molecular weight is 491 g/mol. The second-order valence-electron chi connectivity index (χ2n) is 8.22. The van der Waals surface area contributed by atoms with Crippen LogP contribution in [0.3, 0.4) is 0 Å². The Kier molecular flexibility index (Phi) is 7.71. The minimum atomic E-state index is -4.45. The zero-order valence-electron chi connectivity index (χ0n) is 19.5. The number of alkyl halides is 3. The van der Waals surface area contributed by atoms with Crippen molar-refractivity contribution in [1.82, 2.24) is 20.3 Å². The first-order chi connectivity index (χ1) is 16.8. The van der Waals surface area contributed by atoms with Gasteiger partial charge in [-0.05, 0) is 43.3 Å². The largest absolute Gasteiger partial charge is 0.416 e. The van der Waals surface area contributed by atoms with Crippen molar-refractivity contribution >= 4 is 34.2 Å². The quantitative estimate of drug-likeness (QED) is 0.266. The topological polar surface area (TPSA) is 113 Å². The summed E-state index contributed by atoms with van der Waals surface area (Å²) in [5, 5.41) is 10.3. The first kappa shape index (κ1) is 24.7. The first-order valence-electron chi connectivity index (χ1n) is 11.4. The molecule has 1 fully saturated rings. The van der Waals surface area contributed by atoms with Crippen LogP contribution in [0.2, 0.25) is 0 Å². The van der Waals surface area contributed by atoms with Gasteiger partial charge in [0.15, 0.2) is 0 Å². The Morgan fingerprint density at radius 2 is 1.83 bits per heavy atom. The number of halogens is 3. The van der Waals surface area contributed by atoms with Gasteiger partial charge in [-0.2, -0.15) is 18.2 Å². The lowest BCUT2D eigenvalue weighted by Gasteiger charge is -2.28. The Balaban J connectivity index is 1.57. The molecule has 0 unspecified atom stereocenters. The number of pyridine rings is 1. The van der Waals surface area contributed by atoms with E-state index in [0.717, 1.165) is 43.0 Å². The number of nitrogen functional groups attached to an aromatic ring is 1. The van der Waals surface area contributed by atoms with Gasteiger partial charge < -0.3 is 31.3 Å². The van der Waals surface area contributed by atoms with Gasteiger partial charge in [0.2, 0.25) is 5.95 Å². The number of nitrogens with zero attached hydrogens (tertiary/aromatic N) is 4. The molecule has 0 aliphatic carbocycles. The molecule has 1 aliphatic heterocycles. The highest BCUT2D eigenvalue weighted by Gasteiger charge is 2.31. The summed E-state index contributed by atoms with van der Waals surface area (Å²) in [7, 11) is 1.85. The Hall–Kier alpha value is -3.38. The fourth-order valence-electron chi connectivity index (χ4n) is 3.85. The summed E-state index contributed by atoms with van der Waals surface area (Å²) in [6.07, 6.45) is -2.40. The van der Waals surface area contributed by atoms with Crippen molar-refractivity contribution in [1.29, 1.82) is 0 Å². The van der Waals surface area contributed by atoms with Gasteiger partial charge in [-0.25, -0.2) is 9.97 Å². The number of benzene rings is 1. The minimum absolute atomic E-state index is 0.0829. The molecule has 4 rings (SSSR count). The Labute approximate surface area is 201 Å². The number of morpholine rings is 1. The number of ether oxygens (including phenoxy) is 1. The predicted molar refractivity (Wildman–Crippen MR) is 131 cm³/mol. The van der Waals surface area contributed by atoms with Gasteiger partial charge >= 0.3 is 6.18 Å². The summed E-state index contributed by atoms with van der Waals surface area (Å²) in [6.45, 7) is 4.47. The minimum Gasteiger partial charge on any atom is -0.399 e. The normalized spacial score (nSPS) is 14.3. The standard InChI is InChI=1S/C23H29F3N8O/c1-28-4-5-30-22-32-19-14-31-20(34-6-8-35-9-7-34)13-18(19)21(33-22)29-3-2-15-10-16(23(24,25)26)12-17(27)11-15/h10-14,28H,2-9,27H2,1H3,(H2,29,30,32,33). The van der Waals surface area contributed by atoms with Crippen molar-refractivity contribution in [3.05, 3.63) is 41.6 Å². The molecule has 0 spiro atoms. The van der Waals surface area contributed by atoms with Gasteiger partial charge in [-0.3, -0.25) is 0 Å². The number of anilines is 4. The fourth-order valence-corrected chi connectivity index (χ4v) is 3.85. The van der Waals surface area contributed by atoms with Crippen molar-refractivity contribution in [3.63, 3.8) is 0 Å². The molecule has 12 heteroatoms. The molecular weight excluding hydrogens is 461 g/mol. The smallest absolute Gasteiger partial charge is 0.399 e. The molecule has 35 heavy (non-hydrogen) atoms. The number of nitrogens with two attached hydrogens (primary N) is 1. The van der Waals surface area contributed by atoms with Crippen molar-refractivity contribution in [2.24, 2.45) is 0 Å². The zero-order chi connectivity index (χ0) is 24.8. The Morgan fingerprint density at radius 1 is 1.03 bits per heavy atom. The molecule has 5 N–H and O–H groups in total. The van der Waals surface area contributed by atoms with Crippen LogP contribution in [-0.2, 0) is 17.3 Å². The number of nitrogens with one attached hydrogen (secondary N) is 3. The summed E-state index contributed by atoms with van der Waals surface area (Å²) in [5.41, 5.74) is 6.19. The van der Waals surface area contributed by atoms with E-state index in [1.807, 2.05) is 13.1 Å². The predicted octanol–water partition coefficient (Wildman–Crippen LogP) is 2.75. The third kappa shape index (κ3) is 6.40. The summed E-state index contributed by atoms with van der Waals surface area (Å²) >= 11 is 0. The van der Waals surface area contributed by atoms with E-state index in [-0.39, 0.29) is 5.69 Å². The maximum Gasteiger partial charge on any atom is 0.416 e. The first-order valence-corrected chi connectivity index (χ1v) is 11.4. The van der Waals surface area contributed by atoms with Crippen LogP contribution < -0.4 is 26.6 Å². The van der Waals surface area contributed by atoms with E-state index in [1.54, 1.807) is 12.3 Å². The monoisotopic (exact) mass is 490 g/mol. The number of likely N-dealkylation sites (N-methyl/N-ethyl adjacent to an activating group) is 1. The maximum atomic E-state index is 13.2. The van der Waals surface area contributed by atoms with Gasteiger partial charge in [-0.1, -0.05) is 0 Å². The highest BCUT2D eigenvalue weighted by Crippen LogP contribution is 2.31. The van der Waals surface area contributed by atoms with E-state index in [9.17, 15) is 13.2 Å². The number of hydrogen-bond acceptors (Lipinski definition) is 9. The molecule has 3 aromatic rings. The van der Waals surface area contributed by atoms with Gasteiger partial charge in [0.1, 0.15) is 11.6 Å². The third-order valence-electron chi connectivity index (χ3n) is 5.61. The van der Waals surface area contributed by atoms with Crippen molar-refractivity contribution in [2.75, 3.05) is 74.3 Å². The van der Waals surface area contributed by atoms with Gasteiger partial charge in [0.05, 0.1) is 30.5 Å². The van der Waals surface area contributed by atoms with E-state index < -0.39 is 11.7 Å². The van der Waals surface area contributed by atoms with E-state index in [2.05, 4.69) is 35.8 Å². The van der Waals surface area contributed by atoms with Crippen LogP contribution in [0.25, 0.3) is 10.9 Å². The summed E-state index contributed by atoms with van der Waals surface area (Å²) in [6, 6.07) is 5.56. The third-order valence-corrected chi connectivity index (χ3v) is 5.61. The summed E-state index contributed by atoms with van der Waals surface area (Å²) in [5.74, 6) is 1.83. The Bertz CT molecular complexity index is 1150. The molecule has 0 radical (unpaired) electrons. The van der Waals surface area contributed by atoms with Gasteiger partial charge in [0, 0.05) is 43.8 Å². The summed E-state index contributed by atoms with van der Waals surface area (Å²) in [4.78, 5) is 15.9. The molecule has 9 nitrogen and oxygen atoms in total. The molecule has 0 atom stereocenters. The van der Waals surface area contributed by atoms with Crippen LogP contribution in [0.5, 0.6) is 0 Å².